The van der Waals surface area contributed by atoms with Crippen LogP contribution in [0.1, 0.15) is 27.7 Å². The lowest BCUT2D eigenvalue weighted by atomic mass is 10.0. The Bertz CT molecular complexity index is 611. The lowest BCUT2D eigenvalue weighted by molar-refractivity contribution is -0.131. The first-order chi connectivity index (χ1) is 9.97. The summed E-state index contributed by atoms with van der Waals surface area (Å²) in [6.45, 7) is 1.39. The summed E-state index contributed by atoms with van der Waals surface area (Å²) in [6, 6.07) is 15.2. The maximum absolute atomic E-state index is 10.9. The van der Waals surface area contributed by atoms with Crippen LogP contribution in [-0.4, -0.2) is 5.97 Å². The molecule has 0 aliphatic carbocycles. The fourth-order valence-electron chi connectivity index (χ4n) is 1.87. The second kappa shape index (κ2) is 7.43. The van der Waals surface area contributed by atoms with Crippen molar-refractivity contribution in [1.29, 1.82) is 0 Å². The molecule has 0 amide bonds. The van der Waals surface area contributed by atoms with Crippen LogP contribution in [0.3, 0.4) is 0 Å². The molecule has 0 aromatic heterocycles. The molecule has 0 spiro atoms. The highest BCUT2D eigenvalue weighted by Crippen LogP contribution is 2.42. The summed E-state index contributed by atoms with van der Waals surface area (Å²) in [4.78, 5) is 11.1. The summed E-state index contributed by atoms with van der Waals surface area (Å²) in [5, 5.41) is 0.718. The highest BCUT2D eigenvalue weighted by Gasteiger charge is 2.19. The Morgan fingerprint density at radius 1 is 0.952 bits per heavy atom. The minimum absolute atomic E-state index is 0.0880. The quantitative estimate of drug-likeness (QED) is 0.345. The number of rotatable bonds is 4. The molecule has 0 aliphatic rings. The first-order valence-corrected chi connectivity index (χ1v) is 8.50. The highest BCUT2D eigenvalue weighted by atomic mass is 79.9. The Kier molecular flexibility index (Phi) is 5.85. The summed E-state index contributed by atoms with van der Waals surface area (Å²) in [5.41, 5.74) is 2.22. The molecule has 0 bridgehead atoms. The molecule has 2 atom stereocenters. The molecule has 21 heavy (non-hydrogen) atoms. The maximum atomic E-state index is 10.9. The average Bonchev–Trinajstić information content (AvgIpc) is 2.47. The molecule has 0 saturated carbocycles. The number of halogens is 3. The summed E-state index contributed by atoms with van der Waals surface area (Å²) in [5.74, 6) is 0.223. The highest BCUT2D eigenvalue weighted by molar-refractivity contribution is 9.12. The molecule has 0 saturated heterocycles. The normalized spacial score (nSPS) is 13.5. The predicted molar refractivity (Wildman–Crippen MR) is 92.5 cm³/mol. The topological polar surface area (TPSA) is 26.3 Å². The van der Waals surface area contributed by atoms with Gasteiger partial charge in [0.15, 0.2) is 0 Å². The van der Waals surface area contributed by atoms with Crippen molar-refractivity contribution in [2.45, 2.75) is 16.6 Å². The molecule has 2 nitrogen and oxygen atoms in total. The van der Waals surface area contributed by atoms with Crippen LogP contribution < -0.4 is 4.74 Å². The lowest BCUT2D eigenvalue weighted by Gasteiger charge is -2.18. The van der Waals surface area contributed by atoms with E-state index in [0.717, 1.165) is 16.1 Å². The van der Waals surface area contributed by atoms with Gasteiger partial charge in [0.05, 0.1) is 9.65 Å². The van der Waals surface area contributed by atoms with E-state index in [0.29, 0.717) is 5.75 Å². The number of esters is 1. The minimum atomic E-state index is -0.322. The van der Waals surface area contributed by atoms with Gasteiger partial charge in [-0.3, -0.25) is 4.79 Å². The van der Waals surface area contributed by atoms with E-state index in [9.17, 15) is 4.79 Å². The Morgan fingerprint density at radius 2 is 1.38 bits per heavy atom. The predicted octanol–water partition coefficient (Wildman–Crippen LogP) is 5.84. The third kappa shape index (κ3) is 4.56. The smallest absolute Gasteiger partial charge is 0.308 e. The van der Waals surface area contributed by atoms with Crippen molar-refractivity contribution in [3.63, 3.8) is 0 Å². The second-order valence-electron chi connectivity index (χ2n) is 4.52. The minimum Gasteiger partial charge on any atom is -0.427 e. The molecule has 0 heterocycles. The number of ether oxygens (including phenoxy) is 1. The molecule has 2 unspecified atom stereocenters. The van der Waals surface area contributed by atoms with Gasteiger partial charge in [-0.1, -0.05) is 67.7 Å². The van der Waals surface area contributed by atoms with Crippen molar-refractivity contribution in [2.24, 2.45) is 0 Å². The molecule has 0 aliphatic heterocycles. The zero-order valence-electron chi connectivity index (χ0n) is 11.2. The van der Waals surface area contributed by atoms with Gasteiger partial charge in [-0.05, 0) is 35.4 Å². The largest absolute Gasteiger partial charge is 0.427 e. The maximum Gasteiger partial charge on any atom is 0.308 e. The third-order valence-corrected chi connectivity index (χ3v) is 5.98. The van der Waals surface area contributed by atoms with E-state index in [4.69, 9.17) is 16.3 Å². The van der Waals surface area contributed by atoms with Crippen LogP contribution in [0.15, 0.2) is 48.5 Å². The van der Waals surface area contributed by atoms with Gasteiger partial charge < -0.3 is 4.74 Å². The lowest BCUT2D eigenvalue weighted by Crippen LogP contribution is -2.02. The van der Waals surface area contributed by atoms with E-state index in [1.54, 1.807) is 12.1 Å². The van der Waals surface area contributed by atoms with Crippen LogP contribution in [0.4, 0.5) is 0 Å². The fraction of sp³-hybridized carbons (Fsp3) is 0.188. The van der Waals surface area contributed by atoms with E-state index in [1.165, 1.54) is 6.92 Å². The van der Waals surface area contributed by atoms with Gasteiger partial charge in [0, 0.05) is 11.9 Å². The van der Waals surface area contributed by atoms with Gasteiger partial charge in [-0.25, -0.2) is 0 Å². The van der Waals surface area contributed by atoms with E-state index < -0.39 is 0 Å². The van der Waals surface area contributed by atoms with Crippen molar-refractivity contribution in [3.05, 3.63) is 64.7 Å². The molecular weight excluding hydrogens is 419 g/mol. The van der Waals surface area contributed by atoms with E-state index >= 15 is 0 Å². The number of hydrogen-bond donors (Lipinski definition) is 0. The van der Waals surface area contributed by atoms with Crippen LogP contribution in [0, 0.1) is 0 Å². The van der Waals surface area contributed by atoms with Crippen molar-refractivity contribution in [3.8, 4) is 5.75 Å². The van der Waals surface area contributed by atoms with Gasteiger partial charge in [0.25, 0.3) is 0 Å². The summed E-state index contributed by atoms with van der Waals surface area (Å²) in [6.07, 6.45) is 0. The zero-order valence-corrected chi connectivity index (χ0v) is 15.2. The van der Waals surface area contributed by atoms with Crippen molar-refractivity contribution in [1.82, 2.24) is 0 Å². The van der Waals surface area contributed by atoms with Crippen LogP contribution >= 0.6 is 43.5 Å². The number of carbonyl (C=O) groups excluding carboxylic acids is 1. The van der Waals surface area contributed by atoms with E-state index in [2.05, 4.69) is 31.9 Å². The van der Waals surface area contributed by atoms with Crippen LogP contribution in [0.2, 0.25) is 5.02 Å². The second-order valence-corrected chi connectivity index (χ2v) is 6.93. The monoisotopic (exact) mass is 430 g/mol. The van der Waals surface area contributed by atoms with Crippen molar-refractivity contribution >= 4 is 49.4 Å². The molecule has 2 aromatic carbocycles. The number of benzene rings is 2. The van der Waals surface area contributed by atoms with Crippen LogP contribution in [-0.2, 0) is 4.79 Å². The van der Waals surface area contributed by atoms with Gasteiger partial charge in [-0.15, -0.1) is 0 Å². The molecule has 0 radical (unpaired) electrons. The Hall–Kier alpha value is -0.840. The summed E-state index contributed by atoms with van der Waals surface area (Å²) in [7, 11) is 0. The molecule has 2 rings (SSSR count). The van der Waals surface area contributed by atoms with Crippen molar-refractivity contribution < 1.29 is 9.53 Å². The number of hydrogen-bond acceptors (Lipinski definition) is 2. The van der Waals surface area contributed by atoms with Crippen molar-refractivity contribution in [2.75, 3.05) is 0 Å². The molecule has 0 fully saturated rings. The Labute approximate surface area is 145 Å². The van der Waals surface area contributed by atoms with Gasteiger partial charge in [0.1, 0.15) is 5.75 Å². The summed E-state index contributed by atoms with van der Waals surface area (Å²) >= 11 is 13.3. The molecule has 0 N–H and O–H groups in total. The number of alkyl halides is 2. The molecule has 2 aromatic rings. The van der Waals surface area contributed by atoms with Gasteiger partial charge in [-0.2, -0.15) is 0 Å². The molecular formula is C16H13Br2ClO2. The first kappa shape index (κ1) is 16.5. The zero-order chi connectivity index (χ0) is 15.4. The molecule has 5 heteroatoms. The Morgan fingerprint density at radius 3 is 1.81 bits per heavy atom. The SMILES string of the molecule is CC(=O)Oc1ccc(C(Br)C(Br)c2ccc(Cl)cc2)cc1. The summed E-state index contributed by atoms with van der Waals surface area (Å²) < 4.78 is 5.03. The first-order valence-electron chi connectivity index (χ1n) is 6.29. The van der Waals surface area contributed by atoms with E-state index in [1.807, 2.05) is 36.4 Å². The number of carbonyl (C=O) groups is 1. The third-order valence-electron chi connectivity index (χ3n) is 2.91. The average molecular weight is 433 g/mol. The van der Waals surface area contributed by atoms with Gasteiger partial charge in [0.2, 0.25) is 0 Å². The Balaban J connectivity index is 2.13. The van der Waals surface area contributed by atoms with Crippen LogP contribution in [0.5, 0.6) is 5.75 Å². The van der Waals surface area contributed by atoms with E-state index in [-0.39, 0.29) is 15.6 Å². The fourth-order valence-corrected chi connectivity index (χ4v) is 3.22. The standard InChI is InChI=1S/C16H13Br2ClO2/c1-10(20)21-14-8-4-12(5-9-14)16(18)15(17)11-2-6-13(19)7-3-11/h2-9,15-16H,1H3. The molecule has 110 valence electrons. The van der Waals surface area contributed by atoms with Gasteiger partial charge >= 0.3 is 5.97 Å². The van der Waals surface area contributed by atoms with Crippen LogP contribution in [0.25, 0.3) is 0 Å².